The van der Waals surface area contributed by atoms with E-state index in [9.17, 15) is 23.3 Å². The van der Waals surface area contributed by atoms with E-state index in [1.807, 2.05) is 63.8 Å². The van der Waals surface area contributed by atoms with Crippen molar-refractivity contribution in [2.45, 2.75) is 70.0 Å². The molecule has 0 aliphatic carbocycles. The summed E-state index contributed by atoms with van der Waals surface area (Å²) >= 11 is 0. The normalized spacial score (nSPS) is 19.4. The molecule has 2 aromatic carbocycles. The van der Waals surface area contributed by atoms with Gasteiger partial charge in [-0.1, -0.05) is 48.9 Å². The van der Waals surface area contributed by atoms with Gasteiger partial charge in [-0.05, 0) is 46.2 Å². The molecule has 36 heavy (non-hydrogen) atoms. The zero-order valence-corrected chi connectivity index (χ0v) is 22.5. The molecule has 0 bridgehead atoms. The lowest BCUT2D eigenvalue weighted by atomic mass is 9.90. The number of ether oxygens (including phenoxy) is 1. The first-order valence-electron chi connectivity index (χ1n) is 12.0. The van der Waals surface area contributed by atoms with Crippen molar-refractivity contribution < 1.29 is 22.9 Å². The summed E-state index contributed by atoms with van der Waals surface area (Å²) < 4.78 is 33.9. The molecule has 3 atom stereocenters. The van der Waals surface area contributed by atoms with Crippen molar-refractivity contribution >= 4 is 21.7 Å². The number of aryl methyl sites for hydroxylation is 1. The Kier molecular flexibility index (Phi) is 8.22. The Bertz CT molecular complexity index is 1210. The third-order valence-electron chi connectivity index (χ3n) is 6.36. The molecule has 0 radical (unpaired) electrons. The lowest BCUT2D eigenvalue weighted by Crippen LogP contribution is -2.59. The molecule has 0 spiro atoms. The van der Waals surface area contributed by atoms with Crippen LogP contribution in [0.15, 0.2) is 53.4 Å². The van der Waals surface area contributed by atoms with Gasteiger partial charge in [-0.2, -0.15) is 4.31 Å². The van der Waals surface area contributed by atoms with Crippen LogP contribution in [-0.2, 0) is 19.6 Å². The molecule has 9 nitrogen and oxygen atoms in total. The van der Waals surface area contributed by atoms with Crippen molar-refractivity contribution in [2.24, 2.45) is 0 Å². The SMILES string of the molecule is Cc1ccc(C(C)[C@@H](C(=O)OC(C)(C)C)N2CCN(S(=O)(=O)c3ccccc3[N+](=O)[O-])[C@@H](C)C2)cc1. The second kappa shape index (κ2) is 10.7. The summed E-state index contributed by atoms with van der Waals surface area (Å²) in [4.78, 5) is 25.8. The van der Waals surface area contributed by atoms with Crippen LogP contribution in [-0.4, -0.2) is 65.8 Å². The average Bonchev–Trinajstić information content (AvgIpc) is 2.78. The lowest BCUT2D eigenvalue weighted by Gasteiger charge is -2.43. The molecule has 3 rings (SSSR count). The fourth-order valence-corrected chi connectivity index (χ4v) is 6.39. The number of benzene rings is 2. The van der Waals surface area contributed by atoms with Crippen molar-refractivity contribution in [3.63, 3.8) is 0 Å². The number of rotatable bonds is 7. The van der Waals surface area contributed by atoms with Crippen LogP contribution in [0.2, 0.25) is 0 Å². The highest BCUT2D eigenvalue weighted by Gasteiger charge is 2.42. The summed E-state index contributed by atoms with van der Waals surface area (Å²) in [6.07, 6.45) is 0. The molecule has 1 unspecified atom stereocenters. The third kappa shape index (κ3) is 6.11. The van der Waals surface area contributed by atoms with Gasteiger partial charge in [0, 0.05) is 37.7 Å². The van der Waals surface area contributed by atoms with Crippen molar-refractivity contribution in [2.75, 3.05) is 19.6 Å². The molecule has 2 aromatic rings. The molecule has 0 N–H and O–H groups in total. The maximum absolute atomic E-state index is 13.4. The maximum Gasteiger partial charge on any atom is 0.324 e. The minimum absolute atomic E-state index is 0.0927. The standard InChI is InChI=1S/C26H35N3O6S/c1-18-11-13-21(14-12-18)20(3)24(25(30)35-26(4,5)6)27-15-16-28(19(2)17-27)36(33,34)23-10-8-7-9-22(23)29(31)32/h7-14,19-20,24H,15-17H2,1-6H3/t19-,20?,24-/m0/s1. The molecule has 196 valence electrons. The molecule has 10 heteroatoms. The van der Waals surface area contributed by atoms with Crippen molar-refractivity contribution in [1.82, 2.24) is 9.21 Å². The van der Waals surface area contributed by atoms with Crippen LogP contribution in [0.3, 0.4) is 0 Å². The predicted octanol–water partition coefficient (Wildman–Crippen LogP) is 4.11. The summed E-state index contributed by atoms with van der Waals surface area (Å²) in [7, 11) is -4.11. The highest BCUT2D eigenvalue weighted by molar-refractivity contribution is 7.89. The number of esters is 1. The zero-order chi connectivity index (χ0) is 26.8. The smallest absolute Gasteiger partial charge is 0.324 e. The number of nitro groups is 1. The first-order chi connectivity index (χ1) is 16.7. The molecule has 1 aliphatic rings. The van der Waals surface area contributed by atoms with Crippen LogP contribution < -0.4 is 0 Å². The number of hydrogen-bond donors (Lipinski definition) is 0. The van der Waals surface area contributed by atoms with Crippen molar-refractivity contribution in [3.8, 4) is 0 Å². The highest BCUT2D eigenvalue weighted by Crippen LogP contribution is 2.32. The van der Waals surface area contributed by atoms with E-state index in [1.165, 1.54) is 28.6 Å². The summed E-state index contributed by atoms with van der Waals surface area (Å²) in [5, 5.41) is 11.5. The Morgan fingerprint density at radius 1 is 1.11 bits per heavy atom. The summed E-state index contributed by atoms with van der Waals surface area (Å²) in [5.74, 6) is -0.566. The van der Waals surface area contributed by atoms with Gasteiger partial charge in [0.15, 0.2) is 4.90 Å². The summed E-state index contributed by atoms with van der Waals surface area (Å²) in [6.45, 7) is 11.8. The molecular formula is C26H35N3O6S. The molecule has 1 aliphatic heterocycles. The van der Waals surface area contributed by atoms with E-state index in [0.717, 1.165) is 11.1 Å². The van der Waals surface area contributed by atoms with Crippen molar-refractivity contribution in [1.29, 1.82) is 0 Å². The summed E-state index contributed by atoms with van der Waals surface area (Å²) in [6, 6.07) is 12.2. The van der Waals surface area contributed by atoms with E-state index >= 15 is 0 Å². The Morgan fingerprint density at radius 3 is 2.28 bits per heavy atom. The lowest BCUT2D eigenvalue weighted by molar-refractivity contribution is -0.387. The number of piperazine rings is 1. The molecule has 0 saturated carbocycles. The number of carbonyl (C=O) groups excluding carboxylic acids is 1. The number of sulfonamides is 1. The van der Waals surface area contributed by atoms with Gasteiger partial charge in [0.25, 0.3) is 5.69 Å². The van der Waals surface area contributed by atoms with Gasteiger partial charge >= 0.3 is 5.97 Å². The number of nitrogens with zero attached hydrogens (tertiary/aromatic N) is 3. The van der Waals surface area contributed by atoms with E-state index in [2.05, 4.69) is 0 Å². The monoisotopic (exact) mass is 517 g/mol. The van der Waals surface area contributed by atoms with E-state index < -0.39 is 38.3 Å². The molecule has 1 heterocycles. The van der Waals surface area contributed by atoms with E-state index in [1.54, 1.807) is 6.92 Å². The van der Waals surface area contributed by atoms with Gasteiger partial charge in [-0.25, -0.2) is 8.42 Å². The Hall–Kier alpha value is -2.82. The Balaban J connectivity index is 1.90. The van der Waals surface area contributed by atoms with Crippen LogP contribution in [0.4, 0.5) is 5.69 Å². The maximum atomic E-state index is 13.4. The van der Waals surface area contributed by atoms with E-state index in [-0.39, 0.29) is 36.4 Å². The number of nitro benzene ring substituents is 1. The fourth-order valence-electron chi connectivity index (χ4n) is 4.62. The van der Waals surface area contributed by atoms with Crippen LogP contribution >= 0.6 is 0 Å². The predicted molar refractivity (Wildman–Crippen MR) is 137 cm³/mol. The second-order valence-corrected chi connectivity index (χ2v) is 12.2. The molecule has 1 fully saturated rings. The van der Waals surface area contributed by atoms with Crippen LogP contribution in [0.5, 0.6) is 0 Å². The Labute approximate surface area is 213 Å². The van der Waals surface area contributed by atoms with Gasteiger partial charge in [0.05, 0.1) is 4.92 Å². The molecule has 0 amide bonds. The van der Waals surface area contributed by atoms with Crippen molar-refractivity contribution in [3.05, 3.63) is 69.8 Å². The second-order valence-electron chi connectivity index (χ2n) is 10.4. The minimum atomic E-state index is -4.11. The van der Waals surface area contributed by atoms with E-state index in [0.29, 0.717) is 0 Å². The zero-order valence-electron chi connectivity index (χ0n) is 21.7. The number of hydrogen-bond acceptors (Lipinski definition) is 7. The quantitative estimate of drug-likeness (QED) is 0.309. The van der Waals surface area contributed by atoms with Gasteiger partial charge in [-0.3, -0.25) is 19.8 Å². The minimum Gasteiger partial charge on any atom is -0.459 e. The van der Waals surface area contributed by atoms with Gasteiger partial charge < -0.3 is 4.74 Å². The number of para-hydroxylation sites is 1. The molecular weight excluding hydrogens is 482 g/mol. The Morgan fingerprint density at radius 2 is 1.72 bits per heavy atom. The highest BCUT2D eigenvalue weighted by atomic mass is 32.2. The van der Waals surface area contributed by atoms with E-state index in [4.69, 9.17) is 4.74 Å². The molecule has 0 aromatic heterocycles. The first kappa shape index (κ1) is 27.8. The topological polar surface area (TPSA) is 110 Å². The van der Waals surface area contributed by atoms with Gasteiger partial charge in [0.1, 0.15) is 11.6 Å². The average molecular weight is 518 g/mol. The van der Waals surface area contributed by atoms with Gasteiger partial charge in [-0.15, -0.1) is 0 Å². The van der Waals surface area contributed by atoms with Crippen LogP contribution in [0.25, 0.3) is 0 Å². The number of carbonyl (C=O) groups is 1. The van der Waals surface area contributed by atoms with Gasteiger partial charge in [0.2, 0.25) is 10.0 Å². The fraction of sp³-hybridized carbons (Fsp3) is 0.500. The first-order valence-corrected chi connectivity index (χ1v) is 13.4. The third-order valence-corrected chi connectivity index (χ3v) is 8.43. The molecule has 1 saturated heterocycles. The van der Waals surface area contributed by atoms with Crippen LogP contribution in [0.1, 0.15) is 51.7 Å². The van der Waals surface area contributed by atoms with Crippen LogP contribution in [0, 0.1) is 17.0 Å². The largest absolute Gasteiger partial charge is 0.459 e. The summed E-state index contributed by atoms with van der Waals surface area (Å²) in [5.41, 5.74) is 0.971.